The van der Waals surface area contributed by atoms with Gasteiger partial charge in [-0.2, -0.15) is 0 Å². The molecule has 1 aromatic rings. The molecule has 1 aromatic heterocycles. The quantitative estimate of drug-likeness (QED) is 0.821. The van der Waals surface area contributed by atoms with Crippen LogP contribution < -0.4 is 0 Å². The number of ether oxygens (including phenoxy) is 1. The maximum atomic E-state index is 12.4. The van der Waals surface area contributed by atoms with Crippen LogP contribution in [0.25, 0.3) is 0 Å². The van der Waals surface area contributed by atoms with Crippen molar-refractivity contribution < 1.29 is 9.53 Å². The van der Waals surface area contributed by atoms with Crippen molar-refractivity contribution in [3.63, 3.8) is 0 Å². The van der Waals surface area contributed by atoms with E-state index in [1.165, 1.54) is 0 Å². The summed E-state index contributed by atoms with van der Waals surface area (Å²) in [7, 11) is 1.68. The molecule has 98 valence electrons. The van der Waals surface area contributed by atoms with Crippen molar-refractivity contribution >= 4 is 5.91 Å². The molecule has 1 saturated heterocycles. The van der Waals surface area contributed by atoms with Gasteiger partial charge in [-0.25, -0.2) is 0 Å². The van der Waals surface area contributed by atoms with Gasteiger partial charge in [0.1, 0.15) is 5.69 Å². The van der Waals surface area contributed by atoms with Crippen molar-refractivity contribution in [2.24, 2.45) is 5.92 Å². The van der Waals surface area contributed by atoms with Crippen LogP contribution in [-0.4, -0.2) is 42.1 Å². The molecule has 0 aliphatic carbocycles. The maximum Gasteiger partial charge on any atom is 0.272 e. The number of aromatic nitrogens is 1. The van der Waals surface area contributed by atoms with Crippen molar-refractivity contribution in [3.05, 3.63) is 30.1 Å². The van der Waals surface area contributed by atoms with Crippen LogP contribution in [0.3, 0.4) is 0 Å². The molecule has 0 saturated carbocycles. The van der Waals surface area contributed by atoms with Gasteiger partial charge in [0, 0.05) is 19.9 Å². The SMILES string of the molecule is COCC1CC(C)CCN1C(=O)c1ccccn1. The lowest BCUT2D eigenvalue weighted by Crippen LogP contribution is -2.48. The highest BCUT2D eigenvalue weighted by molar-refractivity contribution is 5.92. The largest absolute Gasteiger partial charge is 0.383 e. The Bertz CT molecular complexity index is 394. The van der Waals surface area contributed by atoms with E-state index in [2.05, 4.69) is 11.9 Å². The number of rotatable bonds is 3. The lowest BCUT2D eigenvalue weighted by Gasteiger charge is -2.38. The Hall–Kier alpha value is -1.42. The molecule has 1 aliphatic rings. The van der Waals surface area contributed by atoms with E-state index in [1.54, 1.807) is 19.4 Å². The molecule has 4 nitrogen and oxygen atoms in total. The van der Waals surface area contributed by atoms with E-state index in [4.69, 9.17) is 4.74 Å². The van der Waals surface area contributed by atoms with Gasteiger partial charge in [0.05, 0.1) is 12.6 Å². The number of piperidine rings is 1. The third-order valence-corrected chi connectivity index (χ3v) is 3.48. The summed E-state index contributed by atoms with van der Waals surface area (Å²) < 4.78 is 5.23. The monoisotopic (exact) mass is 248 g/mol. The zero-order chi connectivity index (χ0) is 13.0. The Kier molecular flexibility index (Phi) is 4.31. The number of pyridine rings is 1. The summed E-state index contributed by atoms with van der Waals surface area (Å²) in [4.78, 5) is 18.4. The topological polar surface area (TPSA) is 42.4 Å². The van der Waals surface area contributed by atoms with Crippen LogP contribution in [0.15, 0.2) is 24.4 Å². The summed E-state index contributed by atoms with van der Waals surface area (Å²) >= 11 is 0. The van der Waals surface area contributed by atoms with Crippen molar-refractivity contribution in [3.8, 4) is 0 Å². The van der Waals surface area contributed by atoms with Gasteiger partial charge < -0.3 is 9.64 Å². The van der Waals surface area contributed by atoms with Gasteiger partial charge in [-0.1, -0.05) is 13.0 Å². The highest BCUT2D eigenvalue weighted by Gasteiger charge is 2.30. The highest BCUT2D eigenvalue weighted by Crippen LogP contribution is 2.24. The van der Waals surface area contributed by atoms with E-state index in [-0.39, 0.29) is 11.9 Å². The molecule has 1 fully saturated rings. The van der Waals surface area contributed by atoms with Crippen LogP contribution in [-0.2, 0) is 4.74 Å². The number of likely N-dealkylation sites (tertiary alicyclic amines) is 1. The molecule has 2 rings (SSSR count). The average molecular weight is 248 g/mol. The molecule has 4 heteroatoms. The fraction of sp³-hybridized carbons (Fsp3) is 0.571. The van der Waals surface area contributed by atoms with Crippen LogP contribution in [0, 0.1) is 5.92 Å². The fourth-order valence-electron chi connectivity index (χ4n) is 2.51. The molecule has 2 atom stereocenters. The molecule has 2 unspecified atom stereocenters. The van der Waals surface area contributed by atoms with Gasteiger partial charge in [0.2, 0.25) is 0 Å². The van der Waals surface area contributed by atoms with Crippen molar-refractivity contribution in [2.45, 2.75) is 25.8 Å². The molecule has 0 aromatic carbocycles. The predicted octanol–water partition coefficient (Wildman–Crippen LogP) is 1.97. The lowest BCUT2D eigenvalue weighted by molar-refractivity contribution is 0.0344. The maximum absolute atomic E-state index is 12.4. The first kappa shape index (κ1) is 13.0. The molecule has 0 spiro atoms. The van der Waals surface area contributed by atoms with E-state index >= 15 is 0 Å². The Balaban J connectivity index is 2.12. The first-order chi connectivity index (χ1) is 8.72. The smallest absolute Gasteiger partial charge is 0.272 e. The number of carbonyl (C=O) groups excluding carboxylic acids is 1. The third kappa shape index (κ3) is 2.88. The molecule has 0 bridgehead atoms. The molecule has 2 heterocycles. The van der Waals surface area contributed by atoms with E-state index in [9.17, 15) is 4.79 Å². The van der Waals surface area contributed by atoms with Gasteiger partial charge in [0.15, 0.2) is 0 Å². The normalized spacial score (nSPS) is 24.0. The Morgan fingerprint density at radius 1 is 1.56 bits per heavy atom. The first-order valence-corrected chi connectivity index (χ1v) is 6.43. The summed E-state index contributed by atoms with van der Waals surface area (Å²) in [5.74, 6) is 0.669. The van der Waals surface area contributed by atoms with E-state index < -0.39 is 0 Å². The Labute approximate surface area is 108 Å². The van der Waals surface area contributed by atoms with Crippen LogP contribution in [0.2, 0.25) is 0 Å². The molecule has 18 heavy (non-hydrogen) atoms. The second-order valence-electron chi connectivity index (χ2n) is 4.95. The summed E-state index contributed by atoms with van der Waals surface area (Å²) in [6, 6.07) is 5.61. The fourth-order valence-corrected chi connectivity index (χ4v) is 2.51. The zero-order valence-electron chi connectivity index (χ0n) is 11.0. The van der Waals surface area contributed by atoms with Crippen molar-refractivity contribution in [2.75, 3.05) is 20.3 Å². The van der Waals surface area contributed by atoms with Gasteiger partial charge >= 0.3 is 0 Å². The minimum absolute atomic E-state index is 0.0181. The minimum atomic E-state index is 0.0181. The van der Waals surface area contributed by atoms with E-state index in [0.29, 0.717) is 18.2 Å². The number of methoxy groups -OCH3 is 1. The van der Waals surface area contributed by atoms with Crippen LogP contribution in [0.4, 0.5) is 0 Å². The van der Waals surface area contributed by atoms with Crippen LogP contribution in [0.5, 0.6) is 0 Å². The summed E-state index contributed by atoms with van der Waals surface area (Å²) in [6.07, 6.45) is 3.72. The Morgan fingerprint density at radius 2 is 2.39 bits per heavy atom. The van der Waals surface area contributed by atoms with Crippen LogP contribution in [0.1, 0.15) is 30.3 Å². The zero-order valence-corrected chi connectivity index (χ0v) is 11.0. The molecule has 1 amide bonds. The van der Waals surface area contributed by atoms with Gasteiger partial charge in [-0.15, -0.1) is 0 Å². The van der Waals surface area contributed by atoms with Gasteiger partial charge in [0.25, 0.3) is 5.91 Å². The minimum Gasteiger partial charge on any atom is -0.383 e. The lowest BCUT2D eigenvalue weighted by atomic mass is 9.92. The highest BCUT2D eigenvalue weighted by atomic mass is 16.5. The molecular weight excluding hydrogens is 228 g/mol. The summed E-state index contributed by atoms with van der Waals surface area (Å²) in [5.41, 5.74) is 0.521. The summed E-state index contributed by atoms with van der Waals surface area (Å²) in [5, 5.41) is 0. The van der Waals surface area contributed by atoms with Gasteiger partial charge in [-0.3, -0.25) is 9.78 Å². The van der Waals surface area contributed by atoms with Crippen LogP contribution >= 0.6 is 0 Å². The van der Waals surface area contributed by atoms with Crippen molar-refractivity contribution in [1.29, 1.82) is 0 Å². The number of nitrogens with zero attached hydrogens (tertiary/aromatic N) is 2. The third-order valence-electron chi connectivity index (χ3n) is 3.48. The predicted molar refractivity (Wildman–Crippen MR) is 69.3 cm³/mol. The number of hydrogen-bond donors (Lipinski definition) is 0. The van der Waals surface area contributed by atoms with Crippen molar-refractivity contribution in [1.82, 2.24) is 9.88 Å². The number of amides is 1. The summed E-state index contributed by atoms with van der Waals surface area (Å²) in [6.45, 7) is 3.62. The molecule has 0 radical (unpaired) electrons. The average Bonchev–Trinajstić information content (AvgIpc) is 2.40. The van der Waals surface area contributed by atoms with E-state index in [1.807, 2.05) is 17.0 Å². The van der Waals surface area contributed by atoms with E-state index in [0.717, 1.165) is 19.4 Å². The second kappa shape index (κ2) is 5.96. The standard InChI is InChI=1S/C14H20N2O2/c1-11-6-8-16(12(9-11)10-18-2)14(17)13-5-3-4-7-15-13/h3-5,7,11-12H,6,8-10H2,1-2H3. The Morgan fingerprint density at radius 3 is 3.06 bits per heavy atom. The number of carbonyl (C=O) groups is 1. The molecule has 1 aliphatic heterocycles. The molecular formula is C14H20N2O2. The first-order valence-electron chi connectivity index (χ1n) is 6.43. The van der Waals surface area contributed by atoms with Gasteiger partial charge in [-0.05, 0) is 30.9 Å². The second-order valence-corrected chi connectivity index (χ2v) is 4.95. The molecule has 0 N–H and O–H groups in total. The number of hydrogen-bond acceptors (Lipinski definition) is 3.